The zero-order valence-corrected chi connectivity index (χ0v) is 19.1. The smallest absolute Gasteiger partial charge is 0.253 e. The van der Waals surface area contributed by atoms with Gasteiger partial charge in [-0.2, -0.15) is 0 Å². The topological polar surface area (TPSA) is 95.9 Å². The number of anilines is 1. The van der Waals surface area contributed by atoms with Crippen LogP contribution in [0.5, 0.6) is 0 Å². The molecule has 7 nitrogen and oxygen atoms in total. The number of carbonyl (C=O) groups excluding carboxylic acids is 2. The largest absolute Gasteiger partial charge is 0.300 e. The molecule has 0 saturated heterocycles. The maximum atomic E-state index is 13.5. The van der Waals surface area contributed by atoms with E-state index < -0.39 is 28.5 Å². The number of carbonyl (C=O) groups is 2. The summed E-state index contributed by atoms with van der Waals surface area (Å²) in [6.07, 6.45) is 1.59. The molecule has 0 fully saturated rings. The number of nitrogens with one attached hydrogen (secondary N) is 1. The highest BCUT2D eigenvalue weighted by Crippen LogP contribution is 2.32. The molecular formula is C22H24ClN3O4S. The van der Waals surface area contributed by atoms with E-state index in [1.165, 1.54) is 4.90 Å². The molecule has 1 heterocycles. The highest BCUT2D eigenvalue weighted by Gasteiger charge is 2.35. The van der Waals surface area contributed by atoms with Crippen molar-refractivity contribution in [2.45, 2.75) is 26.3 Å². The van der Waals surface area contributed by atoms with Crippen molar-refractivity contribution in [3.05, 3.63) is 64.7 Å². The Kier molecular flexibility index (Phi) is 6.81. The van der Waals surface area contributed by atoms with Crippen LogP contribution in [0.25, 0.3) is 0 Å². The first-order chi connectivity index (χ1) is 14.6. The van der Waals surface area contributed by atoms with Crippen LogP contribution < -0.4 is 9.62 Å². The van der Waals surface area contributed by atoms with Crippen molar-refractivity contribution in [2.75, 3.05) is 17.7 Å². The van der Waals surface area contributed by atoms with Gasteiger partial charge in [-0.25, -0.2) is 8.42 Å². The van der Waals surface area contributed by atoms with Crippen LogP contribution in [0.4, 0.5) is 5.69 Å². The lowest BCUT2D eigenvalue weighted by Crippen LogP contribution is -2.47. The normalized spacial score (nSPS) is 17.4. The molecule has 2 amide bonds. The standard InChI is InChI=1S/C22H24ClN3O4S/c1-4-14(2)20-22(28)26(13-19(27)25-31(3,29)30)18-11-10-16(23)12-17(18)21(24-20)15-8-6-5-7-9-15/h5-12,14,20H,4,13H2,1-3H3,(H,25,27)/t14-,20?/m0/s1. The molecule has 0 aliphatic carbocycles. The van der Waals surface area contributed by atoms with Gasteiger partial charge in [0.2, 0.25) is 10.0 Å². The number of hydrogen-bond acceptors (Lipinski definition) is 5. The number of benzodiazepines with no additional fused rings is 1. The van der Waals surface area contributed by atoms with Crippen LogP contribution in [0.15, 0.2) is 53.5 Å². The molecule has 2 aromatic carbocycles. The van der Waals surface area contributed by atoms with Crippen molar-refractivity contribution >= 4 is 44.8 Å². The zero-order valence-electron chi connectivity index (χ0n) is 17.5. The zero-order chi connectivity index (χ0) is 22.8. The van der Waals surface area contributed by atoms with Crippen molar-refractivity contribution in [1.29, 1.82) is 0 Å². The van der Waals surface area contributed by atoms with Crippen LogP contribution in [-0.4, -0.2) is 44.8 Å². The maximum Gasteiger partial charge on any atom is 0.253 e. The number of hydrogen-bond donors (Lipinski definition) is 1. The number of amides is 2. The minimum atomic E-state index is -3.76. The summed E-state index contributed by atoms with van der Waals surface area (Å²) in [7, 11) is -3.76. The third-order valence-corrected chi connectivity index (χ3v) is 5.96. The van der Waals surface area contributed by atoms with E-state index in [1.807, 2.05) is 48.9 Å². The van der Waals surface area contributed by atoms with E-state index in [2.05, 4.69) is 0 Å². The van der Waals surface area contributed by atoms with Crippen LogP contribution in [0.1, 0.15) is 31.4 Å². The molecule has 164 valence electrons. The third-order valence-electron chi connectivity index (χ3n) is 5.12. The lowest BCUT2D eigenvalue weighted by atomic mass is 9.98. The average molecular weight is 462 g/mol. The first-order valence-electron chi connectivity index (χ1n) is 9.86. The number of nitrogens with zero attached hydrogens (tertiary/aromatic N) is 2. The maximum absolute atomic E-state index is 13.5. The number of fused-ring (bicyclic) bond motifs is 1. The highest BCUT2D eigenvalue weighted by molar-refractivity contribution is 7.89. The molecule has 1 aliphatic rings. The predicted octanol–water partition coefficient (Wildman–Crippen LogP) is 3.01. The van der Waals surface area contributed by atoms with Gasteiger partial charge in [0.05, 0.1) is 17.7 Å². The van der Waals surface area contributed by atoms with E-state index in [9.17, 15) is 18.0 Å². The fourth-order valence-corrected chi connectivity index (χ4v) is 4.09. The van der Waals surface area contributed by atoms with Gasteiger partial charge < -0.3 is 4.90 Å². The second-order valence-corrected chi connectivity index (χ2v) is 9.74. The highest BCUT2D eigenvalue weighted by atomic mass is 35.5. The minimum absolute atomic E-state index is 0.100. The van der Waals surface area contributed by atoms with E-state index in [4.69, 9.17) is 16.6 Å². The Hall–Kier alpha value is -2.71. The monoisotopic (exact) mass is 461 g/mol. The molecule has 0 spiro atoms. The molecule has 31 heavy (non-hydrogen) atoms. The SMILES string of the molecule is CC[C@H](C)C1N=C(c2ccccc2)c2cc(Cl)ccc2N(CC(=O)NS(C)(=O)=O)C1=O. The van der Waals surface area contributed by atoms with E-state index in [-0.39, 0.29) is 11.8 Å². The van der Waals surface area contributed by atoms with Crippen molar-refractivity contribution in [3.8, 4) is 0 Å². The lowest BCUT2D eigenvalue weighted by molar-refractivity contribution is -0.124. The molecule has 1 unspecified atom stereocenters. The summed E-state index contributed by atoms with van der Waals surface area (Å²) in [5.41, 5.74) is 2.47. The second-order valence-electron chi connectivity index (χ2n) is 7.56. The van der Waals surface area contributed by atoms with Gasteiger partial charge in [-0.05, 0) is 24.1 Å². The fourth-order valence-electron chi connectivity index (χ4n) is 3.44. The first-order valence-corrected chi connectivity index (χ1v) is 12.1. The Bertz CT molecular complexity index is 1130. The summed E-state index contributed by atoms with van der Waals surface area (Å²) in [4.78, 5) is 32.1. The van der Waals surface area contributed by atoms with Crippen molar-refractivity contribution in [3.63, 3.8) is 0 Å². The summed E-state index contributed by atoms with van der Waals surface area (Å²) < 4.78 is 24.9. The Morgan fingerprint density at radius 2 is 1.90 bits per heavy atom. The van der Waals surface area contributed by atoms with E-state index in [1.54, 1.807) is 18.2 Å². The molecule has 0 bridgehead atoms. The molecule has 9 heteroatoms. The van der Waals surface area contributed by atoms with Crippen LogP contribution in [-0.2, 0) is 19.6 Å². The second kappa shape index (κ2) is 9.20. The number of benzene rings is 2. The lowest BCUT2D eigenvalue weighted by Gasteiger charge is -2.26. The Balaban J connectivity index is 2.19. The summed E-state index contributed by atoms with van der Waals surface area (Å²) >= 11 is 6.27. The summed E-state index contributed by atoms with van der Waals surface area (Å²) in [6, 6.07) is 13.7. The first kappa shape index (κ1) is 23.0. The molecule has 0 saturated carbocycles. The Morgan fingerprint density at radius 1 is 1.23 bits per heavy atom. The molecule has 1 N–H and O–H groups in total. The summed E-state index contributed by atoms with van der Waals surface area (Å²) in [5.74, 6) is -1.27. The van der Waals surface area contributed by atoms with Gasteiger partial charge in [0.15, 0.2) is 0 Å². The van der Waals surface area contributed by atoms with Gasteiger partial charge in [-0.1, -0.05) is 62.2 Å². The van der Waals surface area contributed by atoms with E-state index in [0.29, 0.717) is 28.4 Å². The number of aliphatic imine (C=N–C) groups is 1. The molecular weight excluding hydrogens is 438 g/mol. The Morgan fingerprint density at radius 3 is 2.52 bits per heavy atom. The van der Waals surface area contributed by atoms with Crippen LogP contribution in [0, 0.1) is 5.92 Å². The number of halogens is 1. The molecule has 1 aliphatic heterocycles. The van der Waals surface area contributed by atoms with Gasteiger partial charge >= 0.3 is 0 Å². The fraction of sp³-hybridized carbons (Fsp3) is 0.318. The molecule has 0 radical (unpaired) electrons. The summed E-state index contributed by atoms with van der Waals surface area (Å²) in [5, 5.41) is 0.456. The average Bonchev–Trinajstić information content (AvgIpc) is 2.82. The van der Waals surface area contributed by atoms with Gasteiger partial charge in [-0.15, -0.1) is 0 Å². The van der Waals surface area contributed by atoms with Gasteiger partial charge in [0.1, 0.15) is 12.6 Å². The number of sulfonamides is 1. The number of rotatable bonds is 6. The van der Waals surface area contributed by atoms with Crippen LogP contribution in [0.3, 0.4) is 0 Å². The molecule has 3 rings (SSSR count). The molecule has 0 aromatic heterocycles. The molecule has 2 aromatic rings. The van der Waals surface area contributed by atoms with Crippen LogP contribution >= 0.6 is 11.6 Å². The van der Waals surface area contributed by atoms with E-state index in [0.717, 1.165) is 11.8 Å². The Labute approximate surface area is 187 Å². The molecule has 2 atom stereocenters. The predicted molar refractivity (Wildman–Crippen MR) is 122 cm³/mol. The van der Waals surface area contributed by atoms with Gasteiger partial charge in [0, 0.05) is 16.1 Å². The van der Waals surface area contributed by atoms with Crippen molar-refractivity contribution < 1.29 is 18.0 Å². The van der Waals surface area contributed by atoms with Gasteiger partial charge in [0.25, 0.3) is 11.8 Å². The van der Waals surface area contributed by atoms with Crippen molar-refractivity contribution in [2.24, 2.45) is 10.9 Å². The minimum Gasteiger partial charge on any atom is -0.300 e. The van der Waals surface area contributed by atoms with Crippen LogP contribution in [0.2, 0.25) is 5.02 Å². The van der Waals surface area contributed by atoms with Gasteiger partial charge in [-0.3, -0.25) is 19.3 Å². The van der Waals surface area contributed by atoms with Crippen molar-refractivity contribution in [1.82, 2.24) is 4.72 Å². The quantitative estimate of drug-likeness (QED) is 0.715. The summed E-state index contributed by atoms with van der Waals surface area (Å²) in [6.45, 7) is 3.43. The van der Waals surface area contributed by atoms with E-state index >= 15 is 0 Å². The third kappa shape index (κ3) is 5.32.